The third kappa shape index (κ3) is 3.63. The van der Waals surface area contributed by atoms with Gasteiger partial charge >= 0.3 is 0 Å². The molecule has 0 radical (unpaired) electrons. The Labute approximate surface area is 115 Å². The van der Waals surface area contributed by atoms with Gasteiger partial charge in [0.25, 0.3) is 0 Å². The van der Waals surface area contributed by atoms with Crippen molar-refractivity contribution in [1.82, 2.24) is 5.32 Å². The van der Waals surface area contributed by atoms with Crippen molar-refractivity contribution in [3.8, 4) is 0 Å². The fourth-order valence-corrected chi connectivity index (χ4v) is 2.83. The summed E-state index contributed by atoms with van der Waals surface area (Å²) >= 11 is 6.16. The Morgan fingerprint density at radius 1 is 1.11 bits per heavy atom. The molecule has 1 fully saturated rings. The van der Waals surface area contributed by atoms with Crippen molar-refractivity contribution < 1.29 is 0 Å². The van der Waals surface area contributed by atoms with Gasteiger partial charge in [-0.1, -0.05) is 36.9 Å². The molecule has 1 saturated heterocycles. The van der Waals surface area contributed by atoms with E-state index >= 15 is 0 Å². The van der Waals surface area contributed by atoms with Gasteiger partial charge in [-0.05, 0) is 37.6 Å². The standard InChI is InChI=1S/C15H23ClN2/c1-17-12-13-7-8-14(16)11-15(13)18-9-5-3-2-4-6-10-18/h7-8,11,17H,2-6,9-10,12H2,1H3. The van der Waals surface area contributed by atoms with E-state index in [9.17, 15) is 0 Å². The molecule has 1 aromatic rings. The molecule has 1 aliphatic rings. The van der Waals surface area contributed by atoms with Gasteiger partial charge in [-0.2, -0.15) is 0 Å². The second-order valence-corrected chi connectivity index (χ2v) is 5.49. The molecule has 0 saturated carbocycles. The van der Waals surface area contributed by atoms with Crippen LogP contribution in [0.25, 0.3) is 0 Å². The van der Waals surface area contributed by atoms with E-state index in [0.29, 0.717) is 0 Å². The average Bonchev–Trinajstić information content (AvgIpc) is 2.32. The molecule has 1 aromatic carbocycles. The zero-order valence-electron chi connectivity index (χ0n) is 11.2. The average molecular weight is 267 g/mol. The quantitative estimate of drug-likeness (QED) is 0.895. The highest BCUT2D eigenvalue weighted by molar-refractivity contribution is 6.30. The van der Waals surface area contributed by atoms with Crippen molar-refractivity contribution in [3.63, 3.8) is 0 Å². The van der Waals surface area contributed by atoms with Crippen molar-refractivity contribution >= 4 is 17.3 Å². The van der Waals surface area contributed by atoms with Gasteiger partial charge in [0, 0.05) is 30.3 Å². The molecule has 2 nitrogen and oxygen atoms in total. The molecule has 0 atom stereocenters. The van der Waals surface area contributed by atoms with E-state index in [1.807, 2.05) is 13.1 Å². The smallest absolute Gasteiger partial charge is 0.0426 e. The van der Waals surface area contributed by atoms with Gasteiger partial charge in [0.15, 0.2) is 0 Å². The fraction of sp³-hybridized carbons (Fsp3) is 0.600. The summed E-state index contributed by atoms with van der Waals surface area (Å²) in [5.41, 5.74) is 2.67. The topological polar surface area (TPSA) is 15.3 Å². The van der Waals surface area contributed by atoms with Gasteiger partial charge in [-0.25, -0.2) is 0 Å². The molecule has 0 unspecified atom stereocenters. The largest absolute Gasteiger partial charge is 0.371 e. The number of halogens is 1. The van der Waals surface area contributed by atoms with Crippen molar-refractivity contribution in [3.05, 3.63) is 28.8 Å². The van der Waals surface area contributed by atoms with Crippen LogP contribution in [0, 0.1) is 0 Å². The highest BCUT2D eigenvalue weighted by Gasteiger charge is 2.13. The first-order valence-electron chi connectivity index (χ1n) is 6.99. The minimum atomic E-state index is 0.840. The van der Waals surface area contributed by atoms with Crippen LogP contribution in [0.15, 0.2) is 18.2 Å². The second-order valence-electron chi connectivity index (χ2n) is 5.06. The first-order chi connectivity index (χ1) is 8.81. The summed E-state index contributed by atoms with van der Waals surface area (Å²) in [6, 6.07) is 6.25. The lowest BCUT2D eigenvalue weighted by Crippen LogP contribution is -2.28. The Morgan fingerprint density at radius 3 is 2.44 bits per heavy atom. The number of hydrogen-bond acceptors (Lipinski definition) is 2. The lowest BCUT2D eigenvalue weighted by atomic mass is 10.1. The molecular weight excluding hydrogens is 244 g/mol. The third-order valence-electron chi connectivity index (χ3n) is 3.61. The molecule has 2 rings (SSSR count). The molecule has 0 aliphatic carbocycles. The zero-order chi connectivity index (χ0) is 12.8. The minimum absolute atomic E-state index is 0.840. The van der Waals surface area contributed by atoms with E-state index in [1.165, 1.54) is 43.4 Å². The summed E-state index contributed by atoms with van der Waals surface area (Å²) in [5.74, 6) is 0. The van der Waals surface area contributed by atoms with Crippen LogP contribution < -0.4 is 10.2 Å². The van der Waals surface area contributed by atoms with E-state index in [4.69, 9.17) is 11.6 Å². The number of nitrogens with zero attached hydrogens (tertiary/aromatic N) is 1. The number of hydrogen-bond donors (Lipinski definition) is 1. The molecule has 0 amide bonds. The molecule has 0 aromatic heterocycles. The monoisotopic (exact) mass is 266 g/mol. The lowest BCUT2D eigenvalue weighted by molar-refractivity contribution is 0.555. The summed E-state index contributed by atoms with van der Waals surface area (Å²) in [4.78, 5) is 2.51. The number of rotatable bonds is 3. The SMILES string of the molecule is CNCc1ccc(Cl)cc1N1CCCCCCC1. The fourth-order valence-electron chi connectivity index (χ4n) is 2.66. The van der Waals surface area contributed by atoms with Gasteiger partial charge < -0.3 is 10.2 Å². The van der Waals surface area contributed by atoms with Crippen molar-refractivity contribution in [2.75, 3.05) is 25.0 Å². The van der Waals surface area contributed by atoms with Crippen LogP contribution in [0.5, 0.6) is 0 Å². The minimum Gasteiger partial charge on any atom is -0.371 e. The molecule has 1 heterocycles. The lowest BCUT2D eigenvalue weighted by Gasteiger charge is -2.29. The number of benzene rings is 1. The van der Waals surface area contributed by atoms with Crippen molar-refractivity contribution in [2.45, 2.75) is 38.6 Å². The maximum Gasteiger partial charge on any atom is 0.0426 e. The molecular formula is C15H23ClN2. The van der Waals surface area contributed by atoms with E-state index in [-0.39, 0.29) is 0 Å². The van der Waals surface area contributed by atoms with E-state index < -0.39 is 0 Å². The molecule has 1 aliphatic heterocycles. The van der Waals surface area contributed by atoms with E-state index in [0.717, 1.165) is 24.7 Å². The highest BCUT2D eigenvalue weighted by Crippen LogP contribution is 2.27. The summed E-state index contributed by atoms with van der Waals surface area (Å²) in [6.45, 7) is 3.23. The summed E-state index contributed by atoms with van der Waals surface area (Å²) in [5, 5.41) is 4.08. The van der Waals surface area contributed by atoms with Gasteiger partial charge in [0.1, 0.15) is 0 Å². The van der Waals surface area contributed by atoms with Gasteiger partial charge in [0.05, 0.1) is 0 Å². The third-order valence-corrected chi connectivity index (χ3v) is 3.85. The molecule has 0 bridgehead atoms. The first-order valence-corrected chi connectivity index (χ1v) is 7.37. The van der Waals surface area contributed by atoms with Crippen molar-refractivity contribution in [2.24, 2.45) is 0 Å². The van der Waals surface area contributed by atoms with Crippen LogP contribution in [-0.4, -0.2) is 20.1 Å². The van der Waals surface area contributed by atoms with Crippen LogP contribution in [0.2, 0.25) is 5.02 Å². The van der Waals surface area contributed by atoms with Crippen LogP contribution in [0.3, 0.4) is 0 Å². The number of nitrogens with one attached hydrogen (secondary N) is 1. The second kappa shape index (κ2) is 7.01. The first kappa shape index (κ1) is 13.7. The van der Waals surface area contributed by atoms with Crippen molar-refractivity contribution in [1.29, 1.82) is 0 Å². The number of anilines is 1. The Balaban J connectivity index is 2.19. The Kier molecular flexibility index (Phi) is 5.33. The maximum absolute atomic E-state index is 6.16. The summed E-state index contributed by atoms with van der Waals surface area (Å²) < 4.78 is 0. The van der Waals surface area contributed by atoms with Gasteiger partial charge in [0.2, 0.25) is 0 Å². The van der Waals surface area contributed by atoms with Crippen LogP contribution in [0.4, 0.5) is 5.69 Å². The molecule has 18 heavy (non-hydrogen) atoms. The highest BCUT2D eigenvalue weighted by atomic mass is 35.5. The summed E-state index contributed by atoms with van der Waals surface area (Å²) in [7, 11) is 1.99. The Hall–Kier alpha value is -0.730. The van der Waals surface area contributed by atoms with E-state index in [2.05, 4.69) is 22.3 Å². The summed E-state index contributed by atoms with van der Waals surface area (Å²) in [6.07, 6.45) is 6.71. The van der Waals surface area contributed by atoms with Crippen LogP contribution >= 0.6 is 11.6 Å². The van der Waals surface area contributed by atoms with E-state index in [1.54, 1.807) is 0 Å². The Bertz CT molecular complexity index is 371. The normalized spacial score (nSPS) is 17.3. The zero-order valence-corrected chi connectivity index (χ0v) is 12.0. The van der Waals surface area contributed by atoms with Gasteiger partial charge in [-0.3, -0.25) is 0 Å². The van der Waals surface area contributed by atoms with Gasteiger partial charge in [-0.15, -0.1) is 0 Å². The molecule has 0 spiro atoms. The molecule has 1 N–H and O–H groups in total. The maximum atomic E-state index is 6.16. The van der Waals surface area contributed by atoms with Crippen LogP contribution in [-0.2, 0) is 6.54 Å². The predicted octanol–water partition coefficient (Wildman–Crippen LogP) is 3.83. The predicted molar refractivity (Wildman–Crippen MR) is 79.5 cm³/mol. The molecule has 100 valence electrons. The molecule has 3 heteroatoms. The van der Waals surface area contributed by atoms with Crippen LogP contribution in [0.1, 0.15) is 37.7 Å². The Morgan fingerprint density at radius 2 is 1.78 bits per heavy atom.